The molecule has 0 spiro atoms. The molecule has 0 aliphatic carbocycles. The van der Waals surface area contributed by atoms with Gasteiger partial charge in [0.25, 0.3) is 0 Å². The zero-order valence-electron chi connectivity index (χ0n) is 33.6. The summed E-state index contributed by atoms with van der Waals surface area (Å²) in [6.07, 6.45) is 21.4. The van der Waals surface area contributed by atoms with Crippen molar-refractivity contribution in [1.82, 2.24) is 10.1 Å². The van der Waals surface area contributed by atoms with E-state index >= 15 is 0 Å². The molecule has 2 fully saturated rings. The molecule has 2 saturated heterocycles. The van der Waals surface area contributed by atoms with Gasteiger partial charge in [0, 0.05) is 26.2 Å². The van der Waals surface area contributed by atoms with Gasteiger partial charge in [0.05, 0.1) is 25.4 Å². The van der Waals surface area contributed by atoms with E-state index in [9.17, 15) is 4.79 Å². The minimum atomic E-state index is -0.633. The van der Waals surface area contributed by atoms with E-state index in [0.29, 0.717) is 37.0 Å². The normalized spacial score (nSPS) is 18.4. The van der Waals surface area contributed by atoms with Crippen molar-refractivity contribution in [3.63, 3.8) is 0 Å². The van der Waals surface area contributed by atoms with Crippen LogP contribution in [0.3, 0.4) is 0 Å². The average Bonchev–Trinajstić information content (AvgIpc) is 3.00. The molecular formula is C41H80N2O5. The molecule has 7 nitrogen and oxygen atoms in total. The van der Waals surface area contributed by atoms with E-state index in [4.69, 9.17) is 19.1 Å². The third kappa shape index (κ3) is 19.5. The second-order valence-electron chi connectivity index (χ2n) is 18.6. The smallest absolute Gasteiger partial charge is 0.378 e. The number of nitrogens with zero attached hydrogens (tertiary/aromatic N) is 2. The van der Waals surface area contributed by atoms with Crippen molar-refractivity contribution in [1.29, 1.82) is 0 Å². The van der Waals surface area contributed by atoms with Gasteiger partial charge in [-0.1, -0.05) is 121 Å². The molecule has 0 radical (unpaired) electrons. The number of hydrogen-bond donors (Lipinski definition) is 0. The van der Waals surface area contributed by atoms with Crippen LogP contribution in [0.1, 0.15) is 185 Å². The first kappa shape index (κ1) is 43.3. The number of ether oxygens (including phenoxy) is 2. The Bertz CT molecular complexity index is 789. The Morgan fingerprint density at radius 2 is 0.812 bits per heavy atom. The third-order valence-electron chi connectivity index (χ3n) is 11.0. The molecule has 0 atom stereocenters. The molecule has 0 aromatic rings. The van der Waals surface area contributed by atoms with Crippen LogP contribution in [0.25, 0.3) is 0 Å². The number of unbranched alkanes of at least 4 members (excludes halogenated alkanes) is 4. The molecule has 0 aromatic heterocycles. The van der Waals surface area contributed by atoms with Crippen molar-refractivity contribution in [3.8, 4) is 0 Å². The monoisotopic (exact) mass is 681 g/mol. The summed E-state index contributed by atoms with van der Waals surface area (Å²) in [5.41, 5.74) is 1.23. The van der Waals surface area contributed by atoms with Crippen LogP contribution in [0.2, 0.25) is 0 Å². The topological polar surface area (TPSA) is 60.5 Å². The Kier molecular flexibility index (Phi) is 19.4. The maximum atomic E-state index is 12.6. The highest BCUT2D eigenvalue weighted by Crippen LogP contribution is 2.35. The van der Waals surface area contributed by atoms with Crippen molar-refractivity contribution >= 4 is 6.16 Å². The van der Waals surface area contributed by atoms with Crippen LogP contribution in [-0.2, 0) is 19.1 Å². The fourth-order valence-corrected chi connectivity index (χ4v) is 7.29. The molecule has 0 saturated carbocycles. The van der Waals surface area contributed by atoms with Crippen molar-refractivity contribution in [2.45, 2.75) is 197 Å². The fraction of sp³-hybridized carbons (Fsp3) is 0.976. The predicted octanol–water partition coefficient (Wildman–Crippen LogP) is 11.5. The summed E-state index contributed by atoms with van der Waals surface area (Å²) in [7, 11) is 0. The molecule has 0 aromatic carbocycles. The molecular weight excluding hydrogens is 600 g/mol. The maximum absolute atomic E-state index is 12.6. The molecule has 2 aliphatic rings. The Morgan fingerprint density at radius 3 is 1.15 bits per heavy atom. The Balaban J connectivity index is 1.56. The van der Waals surface area contributed by atoms with Crippen LogP contribution in [-0.4, -0.2) is 67.9 Å². The van der Waals surface area contributed by atoms with Crippen molar-refractivity contribution in [2.24, 2.45) is 21.7 Å². The van der Waals surface area contributed by atoms with E-state index in [-0.39, 0.29) is 23.0 Å². The predicted molar refractivity (Wildman–Crippen MR) is 200 cm³/mol. The molecule has 0 unspecified atom stereocenters. The number of hydroxylamine groups is 4. The van der Waals surface area contributed by atoms with Gasteiger partial charge in [-0.05, 0) is 85.9 Å². The molecule has 0 bridgehead atoms. The molecule has 284 valence electrons. The van der Waals surface area contributed by atoms with E-state index in [1.165, 1.54) is 89.9 Å². The Hall–Kier alpha value is -0.890. The van der Waals surface area contributed by atoms with Gasteiger partial charge in [-0.15, -0.1) is 10.1 Å². The third-order valence-corrected chi connectivity index (χ3v) is 11.0. The highest BCUT2D eigenvalue weighted by Gasteiger charge is 2.30. The van der Waals surface area contributed by atoms with Gasteiger partial charge in [-0.25, -0.2) is 0 Å². The number of carbonyl (C=O) groups is 1. The minimum Gasteiger partial charge on any atom is -0.378 e. The molecule has 2 heterocycles. The lowest BCUT2D eigenvalue weighted by atomic mass is 9.79. The second kappa shape index (κ2) is 21.5. The van der Waals surface area contributed by atoms with Gasteiger partial charge in [-0.2, -0.15) is 4.79 Å². The van der Waals surface area contributed by atoms with Crippen molar-refractivity contribution < 1.29 is 23.9 Å². The lowest BCUT2D eigenvalue weighted by molar-refractivity contribution is -0.209. The van der Waals surface area contributed by atoms with Crippen LogP contribution in [0.4, 0.5) is 4.79 Å². The van der Waals surface area contributed by atoms with E-state index in [1.54, 1.807) is 10.1 Å². The first-order valence-corrected chi connectivity index (χ1v) is 20.2. The van der Waals surface area contributed by atoms with Gasteiger partial charge >= 0.3 is 6.16 Å². The summed E-state index contributed by atoms with van der Waals surface area (Å²) in [6, 6.07) is 0. The standard InChI is InChI=1S/C41H80N2O5/c1-11-13-15-23-38(3,4)25-17-27-40(7,8)33-45-35-19-29-42(30-20-35)47-37(44)48-43-31-21-36(22-32-43)46-34-41(9,10)28-18-26-39(5,6)24-16-14-12-2/h35-36H,11-34H2,1-10H3. The zero-order chi connectivity index (χ0) is 35.7. The van der Waals surface area contributed by atoms with Crippen LogP contribution in [0, 0.1) is 21.7 Å². The van der Waals surface area contributed by atoms with Crippen LogP contribution in [0.5, 0.6) is 0 Å². The molecule has 2 rings (SSSR count). The number of carbonyl (C=O) groups excluding carboxylic acids is 1. The van der Waals surface area contributed by atoms with E-state index in [0.717, 1.165) is 38.9 Å². The fourth-order valence-electron chi connectivity index (χ4n) is 7.29. The Morgan fingerprint density at radius 1 is 0.500 bits per heavy atom. The minimum absolute atomic E-state index is 0.177. The van der Waals surface area contributed by atoms with Gasteiger partial charge in [0.1, 0.15) is 0 Å². The summed E-state index contributed by atoms with van der Waals surface area (Å²) < 4.78 is 12.7. The summed E-state index contributed by atoms with van der Waals surface area (Å²) in [4.78, 5) is 23.7. The number of hydrogen-bond acceptors (Lipinski definition) is 7. The largest absolute Gasteiger partial charge is 0.547 e. The molecule has 0 amide bonds. The zero-order valence-corrected chi connectivity index (χ0v) is 33.6. The van der Waals surface area contributed by atoms with Gasteiger partial charge in [0.2, 0.25) is 0 Å². The van der Waals surface area contributed by atoms with E-state index in [2.05, 4.69) is 69.2 Å². The van der Waals surface area contributed by atoms with Crippen molar-refractivity contribution in [3.05, 3.63) is 0 Å². The summed E-state index contributed by atoms with van der Waals surface area (Å²) in [6.45, 7) is 27.9. The van der Waals surface area contributed by atoms with E-state index < -0.39 is 6.16 Å². The summed E-state index contributed by atoms with van der Waals surface area (Å²) in [5, 5.41) is 3.47. The molecule has 0 N–H and O–H groups in total. The van der Waals surface area contributed by atoms with Gasteiger partial charge in [-0.3, -0.25) is 0 Å². The highest BCUT2D eigenvalue weighted by molar-refractivity contribution is 5.59. The molecule has 2 aliphatic heterocycles. The highest BCUT2D eigenvalue weighted by atomic mass is 16.9. The van der Waals surface area contributed by atoms with Crippen LogP contribution < -0.4 is 0 Å². The molecule has 7 heteroatoms. The quantitative estimate of drug-likeness (QED) is 0.0940. The number of rotatable bonds is 24. The Labute approximate surface area is 297 Å². The number of piperidine rings is 2. The maximum Gasteiger partial charge on any atom is 0.547 e. The van der Waals surface area contributed by atoms with Gasteiger partial charge in [0.15, 0.2) is 0 Å². The summed E-state index contributed by atoms with van der Waals surface area (Å²) in [5.74, 6) is 0. The van der Waals surface area contributed by atoms with Gasteiger partial charge < -0.3 is 19.1 Å². The van der Waals surface area contributed by atoms with Crippen molar-refractivity contribution in [2.75, 3.05) is 39.4 Å². The lowest BCUT2D eigenvalue weighted by Gasteiger charge is -2.35. The SMILES string of the molecule is CCCCCC(C)(C)CCCC(C)(C)COC1CCN(OC(=O)ON2CCC(OCC(C)(C)CCCC(C)(C)CCCCC)CC2)CC1. The van der Waals surface area contributed by atoms with Crippen LogP contribution >= 0.6 is 0 Å². The van der Waals surface area contributed by atoms with Crippen LogP contribution in [0.15, 0.2) is 0 Å². The van der Waals surface area contributed by atoms with E-state index in [1.807, 2.05) is 0 Å². The second-order valence-corrected chi connectivity index (χ2v) is 18.6. The molecule has 48 heavy (non-hydrogen) atoms. The average molecular weight is 681 g/mol. The lowest BCUT2D eigenvalue weighted by Crippen LogP contribution is -2.42. The summed E-state index contributed by atoms with van der Waals surface area (Å²) >= 11 is 0. The first-order chi connectivity index (χ1) is 22.5. The first-order valence-electron chi connectivity index (χ1n) is 20.2.